The van der Waals surface area contributed by atoms with Crippen LogP contribution in [0.4, 0.5) is 0 Å². The van der Waals surface area contributed by atoms with Gasteiger partial charge in [-0.2, -0.15) is 0 Å². The van der Waals surface area contributed by atoms with E-state index in [1.54, 1.807) is 0 Å². The molecule has 216 valence electrons. The molecule has 0 saturated heterocycles. The van der Waals surface area contributed by atoms with E-state index in [0.29, 0.717) is 11.8 Å². The average molecular weight is 625 g/mol. The first-order chi connectivity index (χ1) is 20.7. The Bertz CT molecular complexity index is 1420. The van der Waals surface area contributed by atoms with Gasteiger partial charge in [0.25, 0.3) is 0 Å². The molecule has 1 aromatic carbocycles. The van der Waals surface area contributed by atoms with Crippen molar-refractivity contribution in [3.63, 3.8) is 0 Å². The van der Waals surface area contributed by atoms with Crippen LogP contribution in [-0.4, -0.2) is 26.9 Å². The summed E-state index contributed by atoms with van der Waals surface area (Å²) in [4.78, 5) is 5.64. The van der Waals surface area contributed by atoms with Gasteiger partial charge in [0.1, 0.15) is 0 Å². The van der Waals surface area contributed by atoms with Crippen molar-refractivity contribution in [2.24, 2.45) is 11.8 Å². The molecule has 2 unspecified atom stereocenters. The van der Waals surface area contributed by atoms with Crippen LogP contribution in [0.5, 0.6) is 0 Å². The van der Waals surface area contributed by atoms with Gasteiger partial charge in [0, 0.05) is 0 Å². The predicted octanol–water partition coefficient (Wildman–Crippen LogP) is 11.8. The first kappa shape index (κ1) is 31.8. The van der Waals surface area contributed by atoms with Gasteiger partial charge in [0.2, 0.25) is 0 Å². The number of hydrogen-bond donors (Lipinski definition) is 0. The molecule has 4 heterocycles. The maximum atomic E-state index is 6.09. The predicted molar refractivity (Wildman–Crippen MR) is 199 cm³/mol. The summed E-state index contributed by atoms with van der Waals surface area (Å²) in [6, 6.07) is 14.1. The minimum atomic E-state index is 0.458. The third-order valence-electron chi connectivity index (χ3n) is 8.47. The molecule has 0 spiro atoms. The van der Waals surface area contributed by atoms with Crippen LogP contribution in [0, 0.1) is 11.8 Å². The van der Waals surface area contributed by atoms with Crippen molar-refractivity contribution in [1.82, 2.24) is 0 Å². The summed E-state index contributed by atoms with van der Waals surface area (Å²) >= 11 is 7.68. The molecule has 42 heavy (non-hydrogen) atoms. The zero-order valence-electron chi connectivity index (χ0n) is 25.2. The van der Waals surface area contributed by atoms with Gasteiger partial charge in [0.05, 0.1) is 0 Å². The summed E-state index contributed by atoms with van der Waals surface area (Å²) in [7, 11) is 12.2. The topological polar surface area (TPSA) is 0 Å². The molecule has 0 aliphatic heterocycles. The molecule has 2 atom stereocenters. The van der Waals surface area contributed by atoms with E-state index in [4.69, 9.17) is 15.0 Å². The molecule has 0 saturated carbocycles. The summed E-state index contributed by atoms with van der Waals surface area (Å²) < 4.78 is 2.81. The van der Waals surface area contributed by atoms with Crippen LogP contribution in [0.1, 0.15) is 87.8 Å². The maximum absolute atomic E-state index is 6.09. The second-order valence-electron chi connectivity index (χ2n) is 11.6. The van der Waals surface area contributed by atoms with Gasteiger partial charge in [-0.05, 0) is 0 Å². The molecule has 0 bridgehead atoms. The van der Waals surface area contributed by atoms with E-state index >= 15 is 0 Å². The molecule has 0 fully saturated rings. The van der Waals surface area contributed by atoms with Crippen LogP contribution in [0.3, 0.4) is 0 Å². The fourth-order valence-corrected chi connectivity index (χ4v) is 10.5. The van der Waals surface area contributed by atoms with Gasteiger partial charge in [-0.25, -0.2) is 0 Å². The SMILES string of the molecule is [B]=CC(CCCCCC)Cc1ccc(-c2c3ccsc3c(-c3ccc(CC(C=[B])CCCCCC)s3)c3ccsc23)s1. The Morgan fingerprint density at radius 1 is 0.595 bits per heavy atom. The normalized spacial score (nSPS) is 13.1. The molecular formula is C36H42B2S4. The Kier molecular flexibility index (Phi) is 12.1. The van der Waals surface area contributed by atoms with Crippen LogP contribution >= 0.6 is 45.3 Å². The molecule has 5 rings (SSSR count). The standard InChI is InChI=1S/C36H42B2S4/c1-3-5-7-9-11-25(23-37)21-27-13-15-31(41-27)33-29-17-19-40-36(29)34(30-18-20-39-35(30)33)32-16-14-28(42-32)22-26(24-38)12-10-8-6-4-2/h13-20,23-26H,3-12,21-22H2,1-2H3. The van der Waals surface area contributed by atoms with E-state index in [1.807, 2.05) is 57.3 Å². The molecule has 5 aromatic rings. The van der Waals surface area contributed by atoms with Crippen LogP contribution in [0.25, 0.3) is 41.1 Å². The van der Waals surface area contributed by atoms with Gasteiger partial charge in [-0.15, -0.1) is 0 Å². The molecule has 6 heteroatoms. The van der Waals surface area contributed by atoms with Gasteiger partial charge in [-0.3, -0.25) is 0 Å². The van der Waals surface area contributed by atoms with Crippen LogP contribution in [0.2, 0.25) is 0 Å². The van der Waals surface area contributed by atoms with Gasteiger partial charge >= 0.3 is 273 Å². The Morgan fingerprint density at radius 3 is 1.45 bits per heavy atom. The summed E-state index contributed by atoms with van der Waals surface area (Å²) in [5.74, 6) is 4.79. The van der Waals surface area contributed by atoms with Crippen LogP contribution < -0.4 is 0 Å². The number of fused-ring (bicyclic) bond motifs is 2. The molecule has 0 N–H and O–H groups in total. The van der Waals surface area contributed by atoms with Crippen molar-refractivity contribution >= 4 is 92.4 Å². The van der Waals surface area contributed by atoms with Crippen LogP contribution in [-0.2, 0) is 12.8 Å². The Morgan fingerprint density at radius 2 is 1.05 bits per heavy atom. The number of unbranched alkanes of at least 4 members (excludes halogenated alkanes) is 6. The van der Waals surface area contributed by atoms with E-state index in [-0.39, 0.29) is 0 Å². The van der Waals surface area contributed by atoms with E-state index in [2.05, 4.69) is 61.0 Å². The molecule has 4 aromatic heterocycles. The van der Waals surface area contributed by atoms with Crippen molar-refractivity contribution in [2.75, 3.05) is 0 Å². The number of benzene rings is 1. The second-order valence-corrected chi connectivity index (χ2v) is 15.8. The zero-order valence-corrected chi connectivity index (χ0v) is 28.5. The first-order valence-corrected chi connectivity index (χ1v) is 19.2. The zero-order chi connectivity index (χ0) is 29.3. The minimum absolute atomic E-state index is 0.458. The summed E-state index contributed by atoms with van der Waals surface area (Å²) in [6.45, 7) is 4.54. The summed E-state index contributed by atoms with van der Waals surface area (Å²) in [6.07, 6.45) is 14.8. The Labute approximate surface area is 271 Å². The van der Waals surface area contributed by atoms with E-state index in [0.717, 1.165) is 12.8 Å². The molecule has 0 nitrogen and oxygen atoms in total. The van der Waals surface area contributed by atoms with Crippen molar-refractivity contribution < 1.29 is 0 Å². The summed E-state index contributed by atoms with van der Waals surface area (Å²) in [5.41, 5.74) is 2.82. The molecule has 0 aliphatic rings. The van der Waals surface area contributed by atoms with Crippen molar-refractivity contribution in [3.8, 4) is 20.9 Å². The quantitative estimate of drug-likeness (QED) is 0.0672. The molecule has 2 radical (unpaired) electrons. The monoisotopic (exact) mass is 624 g/mol. The number of rotatable bonds is 18. The Balaban J connectivity index is 1.41. The molecule has 0 aliphatic carbocycles. The first-order valence-electron chi connectivity index (χ1n) is 15.8. The average Bonchev–Trinajstić information content (AvgIpc) is 3.83. The Hall–Kier alpha value is -1.59. The van der Waals surface area contributed by atoms with Crippen molar-refractivity contribution in [2.45, 2.75) is 90.9 Å². The molecule has 0 amide bonds. The fourth-order valence-electron chi connectivity index (χ4n) is 6.09. The van der Waals surface area contributed by atoms with E-state index in [9.17, 15) is 0 Å². The van der Waals surface area contributed by atoms with Crippen molar-refractivity contribution in [1.29, 1.82) is 0 Å². The fraction of sp³-hybridized carbons (Fsp3) is 0.444. The van der Waals surface area contributed by atoms with Gasteiger partial charge < -0.3 is 0 Å². The van der Waals surface area contributed by atoms with Gasteiger partial charge in [-0.1, -0.05) is 0 Å². The van der Waals surface area contributed by atoms with E-state index < -0.39 is 0 Å². The van der Waals surface area contributed by atoms with Gasteiger partial charge in [0.15, 0.2) is 0 Å². The third kappa shape index (κ3) is 7.54. The van der Waals surface area contributed by atoms with E-state index in [1.165, 1.54) is 115 Å². The summed E-state index contributed by atoms with van der Waals surface area (Å²) in [5, 5.41) is 7.32. The van der Waals surface area contributed by atoms with Crippen LogP contribution in [0.15, 0.2) is 47.2 Å². The molecular weight excluding hydrogens is 582 g/mol. The number of thiophene rings is 4. The van der Waals surface area contributed by atoms with Crippen molar-refractivity contribution in [3.05, 3.63) is 56.9 Å². The second kappa shape index (κ2) is 15.9. The third-order valence-corrected chi connectivity index (χ3v) is 12.6. The number of hydrogen-bond acceptors (Lipinski definition) is 4.